The number of aromatic nitrogens is 4. The molecule has 3 heterocycles. The summed E-state index contributed by atoms with van der Waals surface area (Å²) in [5.41, 5.74) is 5.33. The summed E-state index contributed by atoms with van der Waals surface area (Å²) in [6, 6.07) is 18.6. The van der Waals surface area contributed by atoms with E-state index >= 15 is 0 Å². The first-order chi connectivity index (χ1) is 15.5. The fourth-order valence-corrected chi connectivity index (χ4v) is 4.74. The lowest BCUT2D eigenvalue weighted by molar-refractivity contribution is 0.600. The van der Waals surface area contributed by atoms with Crippen molar-refractivity contribution in [1.29, 1.82) is 0 Å². The summed E-state index contributed by atoms with van der Waals surface area (Å²) in [4.78, 5) is 10.1. The first-order valence-corrected chi connectivity index (χ1v) is 11.5. The molecule has 9 heteroatoms. The van der Waals surface area contributed by atoms with E-state index in [1.807, 2.05) is 42.5 Å². The Morgan fingerprint density at radius 1 is 1.03 bits per heavy atom. The van der Waals surface area contributed by atoms with Gasteiger partial charge in [-0.15, -0.1) is 0 Å². The maximum Gasteiger partial charge on any atom is 0.264 e. The lowest BCUT2D eigenvalue weighted by Gasteiger charge is -2.21. The minimum absolute atomic E-state index is 0.0384. The van der Waals surface area contributed by atoms with Crippen molar-refractivity contribution in [2.24, 2.45) is 0 Å². The molecule has 0 saturated carbocycles. The van der Waals surface area contributed by atoms with Crippen molar-refractivity contribution in [3.05, 3.63) is 90.9 Å². The van der Waals surface area contributed by atoms with Crippen LogP contribution in [-0.2, 0) is 16.4 Å². The molecule has 1 aliphatic heterocycles. The van der Waals surface area contributed by atoms with Crippen LogP contribution in [0.2, 0.25) is 0 Å². The molecule has 5 rings (SSSR count). The molecule has 0 bridgehead atoms. The molecule has 2 aromatic carbocycles. The Labute approximate surface area is 185 Å². The lowest BCUT2D eigenvalue weighted by Crippen LogP contribution is -2.18. The maximum atomic E-state index is 12.7. The third-order valence-corrected chi connectivity index (χ3v) is 6.66. The zero-order valence-electron chi connectivity index (χ0n) is 17.1. The van der Waals surface area contributed by atoms with Gasteiger partial charge in [0, 0.05) is 30.2 Å². The molecular weight excluding hydrogens is 424 g/mol. The second-order valence-electron chi connectivity index (χ2n) is 7.35. The van der Waals surface area contributed by atoms with Crippen LogP contribution in [0.5, 0.6) is 0 Å². The molecule has 0 atom stereocenters. The molecule has 1 aliphatic rings. The monoisotopic (exact) mass is 444 g/mol. The lowest BCUT2D eigenvalue weighted by atomic mass is 10.1. The number of aromatic amines is 1. The van der Waals surface area contributed by atoms with Gasteiger partial charge in [0.25, 0.3) is 10.0 Å². The Bertz CT molecular complexity index is 1380. The topological polar surface area (TPSA) is 104 Å². The molecule has 0 radical (unpaired) electrons. The summed E-state index contributed by atoms with van der Waals surface area (Å²) >= 11 is 0. The normalized spacial score (nSPS) is 13.1. The molecule has 0 fully saturated rings. The third kappa shape index (κ3) is 3.74. The van der Waals surface area contributed by atoms with Gasteiger partial charge in [0.05, 0.1) is 22.0 Å². The summed E-state index contributed by atoms with van der Waals surface area (Å²) in [5.74, 6) is 0.0384. The van der Waals surface area contributed by atoms with Gasteiger partial charge in [-0.05, 0) is 42.3 Å². The average molecular weight is 445 g/mol. The quantitative estimate of drug-likeness (QED) is 0.470. The van der Waals surface area contributed by atoms with Gasteiger partial charge in [0.2, 0.25) is 5.95 Å². The highest BCUT2D eigenvalue weighted by molar-refractivity contribution is 7.92. The Balaban J connectivity index is 1.38. The van der Waals surface area contributed by atoms with E-state index < -0.39 is 10.0 Å². The van der Waals surface area contributed by atoms with E-state index in [-0.39, 0.29) is 10.8 Å². The number of hydrogen-bond acceptors (Lipinski definition) is 6. The molecule has 0 amide bonds. The van der Waals surface area contributed by atoms with Crippen LogP contribution in [0.25, 0.3) is 17.0 Å². The zero-order chi connectivity index (χ0) is 22.1. The van der Waals surface area contributed by atoms with Gasteiger partial charge >= 0.3 is 0 Å². The first-order valence-electron chi connectivity index (χ1n) is 10.0. The van der Waals surface area contributed by atoms with Gasteiger partial charge in [0.1, 0.15) is 0 Å². The van der Waals surface area contributed by atoms with Crippen LogP contribution in [0.3, 0.4) is 0 Å². The van der Waals surface area contributed by atoms with E-state index in [4.69, 9.17) is 0 Å². The van der Waals surface area contributed by atoms with Crippen LogP contribution in [0.4, 0.5) is 11.6 Å². The molecule has 32 heavy (non-hydrogen) atoms. The van der Waals surface area contributed by atoms with E-state index in [0.717, 1.165) is 33.9 Å². The van der Waals surface area contributed by atoms with Crippen molar-refractivity contribution in [2.75, 3.05) is 16.2 Å². The molecular formula is C23H20N6O2S. The van der Waals surface area contributed by atoms with Gasteiger partial charge in [0.15, 0.2) is 0 Å². The Morgan fingerprint density at radius 2 is 1.81 bits per heavy atom. The molecule has 4 aromatic rings. The van der Waals surface area contributed by atoms with Crippen molar-refractivity contribution in [2.45, 2.75) is 11.3 Å². The van der Waals surface area contributed by atoms with Crippen LogP contribution in [0, 0.1) is 0 Å². The smallest absolute Gasteiger partial charge is 0.264 e. The highest BCUT2D eigenvalue weighted by Crippen LogP contribution is 2.35. The summed E-state index contributed by atoms with van der Waals surface area (Å²) < 4.78 is 27.9. The Morgan fingerprint density at radius 3 is 2.59 bits per heavy atom. The molecule has 2 aromatic heterocycles. The number of nitrogens with one attached hydrogen (secondary N) is 2. The van der Waals surface area contributed by atoms with Gasteiger partial charge < -0.3 is 4.90 Å². The number of sulfonamides is 1. The molecule has 160 valence electrons. The Hall–Kier alpha value is -3.98. The van der Waals surface area contributed by atoms with Crippen molar-refractivity contribution in [3.8, 4) is 11.3 Å². The second-order valence-corrected chi connectivity index (χ2v) is 9.03. The molecule has 0 saturated heterocycles. The largest absolute Gasteiger partial charge is 0.340 e. The van der Waals surface area contributed by atoms with Crippen LogP contribution >= 0.6 is 0 Å². The van der Waals surface area contributed by atoms with E-state index in [9.17, 15) is 8.42 Å². The number of anilines is 2. The maximum absolute atomic E-state index is 12.7. The minimum atomic E-state index is -3.78. The highest BCUT2D eigenvalue weighted by Gasteiger charge is 2.26. The number of benzene rings is 2. The number of nitrogens with zero attached hydrogens (tertiary/aromatic N) is 4. The standard InChI is InChI=1S/C23H20N6O2S/c1-16(20-15-21(27-26-20)17-6-3-2-4-7-17)29-13-10-18-14-19(8-9-22(18)29)32(30,31)28-23-24-11-5-12-25-23/h2-9,11-12,14-15H,1,10,13H2,(H,26,27)(H,24,25,28). The number of hydrogen-bond donors (Lipinski definition) is 2. The third-order valence-electron chi connectivity index (χ3n) is 5.33. The van der Waals surface area contributed by atoms with E-state index in [2.05, 4.69) is 36.4 Å². The summed E-state index contributed by atoms with van der Waals surface area (Å²) in [7, 11) is -3.78. The van der Waals surface area contributed by atoms with Crippen molar-refractivity contribution in [1.82, 2.24) is 20.2 Å². The SMILES string of the molecule is C=C(c1cc(-c2ccccc2)n[nH]1)N1CCc2cc(S(=O)(=O)Nc3ncccn3)ccc21. The van der Waals surface area contributed by atoms with Crippen LogP contribution in [-0.4, -0.2) is 35.1 Å². The van der Waals surface area contributed by atoms with Gasteiger partial charge in [-0.1, -0.05) is 36.9 Å². The van der Waals surface area contributed by atoms with Crippen LogP contribution in [0.15, 0.2) is 84.5 Å². The summed E-state index contributed by atoms with van der Waals surface area (Å²) in [6.45, 7) is 4.95. The van der Waals surface area contributed by atoms with E-state index in [1.54, 1.807) is 18.2 Å². The van der Waals surface area contributed by atoms with Gasteiger partial charge in [-0.25, -0.2) is 23.1 Å². The fraction of sp³-hybridized carbons (Fsp3) is 0.0870. The van der Waals surface area contributed by atoms with Gasteiger partial charge in [-0.3, -0.25) is 5.10 Å². The molecule has 0 aliphatic carbocycles. The predicted octanol–water partition coefficient (Wildman–Crippen LogP) is 3.70. The molecule has 8 nitrogen and oxygen atoms in total. The number of fused-ring (bicyclic) bond motifs is 1. The highest BCUT2D eigenvalue weighted by atomic mass is 32.2. The number of rotatable bonds is 6. The van der Waals surface area contributed by atoms with Crippen molar-refractivity contribution >= 4 is 27.4 Å². The van der Waals surface area contributed by atoms with Crippen LogP contribution in [0.1, 0.15) is 11.3 Å². The van der Waals surface area contributed by atoms with Crippen molar-refractivity contribution < 1.29 is 8.42 Å². The minimum Gasteiger partial charge on any atom is -0.340 e. The number of H-pyrrole nitrogens is 1. The van der Waals surface area contributed by atoms with E-state index in [0.29, 0.717) is 13.0 Å². The molecule has 0 unspecified atom stereocenters. The van der Waals surface area contributed by atoms with E-state index in [1.165, 1.54) is 12.4 Å². The molecule has 0 spiro atoms. The van der Waals surface area contributed by atoms with Crippen molar-refractivity contribution in [3.63, 3.8) is 0 Å². The zero-order valence-corrected chi connectivity index (χ0v) is 17.9. The predicted molar refractivity (Wildman–Crippen MR) is 123 cm³/mol. The summed E-state index contributed by atoms with van der Waals surface area (Å²) in [6.07, 6.45) is 3.67. The van der Waals surface area contributed by atoms with Crippen LogP contribution < -0.4 is 9.62 Å². The summed E-state index contributed by atoms with van der Waals surface area (Å²) in [5, 5.41) is 7.47. The second kappa shape index (κ2) is 7.93. The first kappa shape index (κ1) is 20.0. The Kier molecular flexibility index (Phi) is 4.95. The average Bonchev–Trinajstić information content (AvgIpc) is 3.47. The molecule has 2 N–H and O–H groups in total. The fourth-order valence-electron chi connectivity index (χ4n) is 3.73. The van der Waals surface area contributed by atoms with Gasteiger partial charge in [-0.2, -0.15) is 5.10 Å².